The van der Waals surface area contributed by atoms with E-state index in [0.717, 1.165) is 0 Å². The average Bonchev–Trinajstić information content (AvgIpc) is 2.73. The molecule has 0 aliphatic heterocycles. The van der Waals surface area contributed by atoms with Gasteiger partial charge in [-0.15, -0.1) is 0 Å². The van der Waals surface area contributed by atoms with Crippen LogP contribution in [0.2, 0.25) is 0 Å². The third-order valence-electron chi connectivity index (χ3n) is 5.05. The zero-order chi connectivity index (χ0) is 17.3. The maximum absolute atomic E-state index is 2.31. The summed E-state index contributed by atoms with van der Waals surface area (Å²) in [6.07, 6.45) is 0. The molecule has 122 valence electrons. The molecule has 0 amide bonds. The van der Waals surface area contributed by atoms with Crippen molar-refractivity contribution in [3.05, 3.63) is 109 Å². The molecule has 0 saturated heterocycles. The lowest BCUT2D eigenvalue weighted by atomic mass is 9.95. The predicted octanol–water partition coefficient (Wildman–Crippen LogP) is 7.33. The summed E-state index contributed by atoms with van der Waals surface area (Å²) in [5.74, 6) is 0. The zero-order valence-electron chi connectivity index (χ0n) is 14.4. The Morgan fingerprint density at radius 1 is 0.346 bits per heavy atom. The van der Waals surface area contributed by atoms with Gasteiger partial charge in [-0.05, 0) is 55.9 Å². The van der Waals surface area contributed by atoms with Gasteiger partial charge >= 0.3 is 0 Å². The smallest absolute Gasteiger partial charge is 0.0105 e. The Labute approximate surface area is 153 Å². The maximum atomic E-state index is 2.31. The summed E-state index contributed by atoms with van der Waals surface area (Å²) >= 11 is 0. The molecule has 0 nitrogen and oxygen atoms in total. The van der Waals surface area contributed by atoms with E-state index in [0.29, 0.717) is 0 Å². The first kappa shape index (κ1) is 14.9. The van der Waals surface area contributed by atoms with Gasteiger partial charge in [-0.2, -0.15) is 0 Å². The van der Waals surface area contributed by atoms with Gasteiger partial charge in [0.2, 0.25) is 0 Å². The highest BCUT2D eigenvalue weighted by Crippen LogP contribution is 2.32. The monoisotopic (exact) mass is 330 g/mol. The van der Waals surface area contributed by atoms with E-state index in [9.17, 15) is 0 Å². The molecular formula is C26H18. The number of benzene rings is 5. The number of fused-ring (bicyclic) bond motifs is 2. The first-order valence-electron chi connectivity index (χ1n) is 8.96. The molecule has 0 fully saturated rings. The van der Waals surface area contributed by atoms with E-state index in [1.54, 1.807) is 0 Å². The molecule has 5 aromatic rings. The van der Waals surface area contributed by atoms with E-state index in [1.165, 1.54) is 43.8 Å². The molecule has 0 saturated carbocycles. The van der Waals surface area contributed by atoms with Gasteiger partial charge in [-0.1, -0.05) is 97.1 Å². The standard InChI is InChI=1S/C26H18/c1-2-7-19(8-3-1)22-15-13-20-14-16-23(18-24(20)17-22)26-12-6-10-21-9-4-5-11-25(21)26/h1-18H. The topological polar surface area (TPSA) is 0 Å². The van der Waals surface area contributed by atoms with Crippen LogP contribution in [0.5, 0.6) is 0 Å². The van der Waals surface area contributed by atoms with Crippen molar-refractivity contribution in [1.29, 1.82) is 0 Å². The number of hydrogen-bond acceptors (Lipinski definition) is 0. The van der Waals surface area contributed by atoms with Crippen LogP contribution in [0.15, 0.2) is 109 Å². The van der Waals surface area contributed by atoms with Crippen LogP contribution in [0.25, 0.3) is 43.8 Å². The molecule has 0 heteroatoms. The lowest BCUT2D eigenvalue weighted by Crippen LogP contribution is -1.83. The van der Waals surface area contributed by atoms with Crippen LogP contribution in [0.3, 0.4) is 0 Å². The van der Waals surface area contributed by atoms with Crippen molar-refractivity contribution >= 4 is 21.5 Å². The van der Waals surface area contributed by atoms with E-state index in [-0.39, 0.29) is 0 Å². The van der Waals surface area contributed by atoms with E-state index >= 15 is 0 Å². The Morgan fingerprint density at radius 3 is 1.92 bits per heavy atom. The van der Waals surface area contributed by atoms with Crippen LogP contribution in [-0.4, -0.2) is 0 Å². The van der Waals surface area contributed by atoms with Gasteiger partial charge < -0.3 is 0 Å². The Bertz CT molecular complexity index is 1210. The Morgan fingerprint density at radius 2 is 1.04 bits per heavy atom. The van der Waals surface area contributed by atoms with E-state index < -0.39 is 0 Å². The van der Waals surface area contributed by atoms with E-state index in [2.05, 4.69) is 109 Å². The molecule has 0 aliphatic carbocycles. The van der Waals surface area contributed by atoms with Gasteiger partial charge in [0.15, 0.2) is 0 Å². The van der Waals surface area contributed by atoms with Crippen molar-refractivity contribution in [2.75, 3.05) is 0 Å². The summed E-state index contributed by atoms with van der Waals surface area (Å²) in [7, 11) is 0. The third kappa shape index (κ3) is 2.57. The van der Waals surface area contributed by atoms with Gasteiger partial charge in [0.25, 0.3) is 0 Å². The fraction of sp³-hybridized carbons (Fsp3) is 0. The second kappa shape index (κ2) is 6.16. The average molecular weight is 330 g/mol. The minimum atomic E-state index is 1.25. The van der Waals surface area contributed by atoms with Crippen LogP contribution >= 0.6 is 0 Å². The van der Waals surface area contributed by atoms with Crippen molar-refractivity contribution in [1.82, 2.24) is 0 Å². The number of hydrogen-bond donors (Lipinski definition) is 0. The Kier molecular flexibility index (Phi) is 3.54. The molecule has 0 spiro atoms. The highest BCUT2D eigenvalue weighted by Gasteiger charge is 2.05. The molecule has 26 heavy (non-hydrogen) atoms. The second-order valence-corrected chi connectivity index (χ2v) is 6.67. The SMILES string of the molecule is c1ccc(-c2ccc3ccc(-c4cccc5ccccc45)cc3c2)cc1. The molecule has 0 heterocycles. The first-order valence-corrected chi connectivity index (χ1v) is 8.96. The van der Waals surface area contributed by atoms with E-state index in [4.69, 9.17) is 0 Å². The fourth-order valence-corrected chi connectivity index (χ4v) is 3.70. The molecule has 0 aromatic heterocycles. The molecule has 0 radical (unpaired) electrons. The van der Waals surface area contributed by atoms with Crippen LogP contribution in [-0.2, 0) is 0 Å². The number of rotatable bonds is 2. The van der Waals surface area contributed by atoms with E-state index in [1.807, 2.05) is 0 Å². The van der Waals surface area contributed by atoms with Crippen molar-refractivity contribution in [3.63, 3.8) is 0 Å². The minimum Gasteiger partial charge on any atom is -0.0622 e. The molecule has 0 unspecified atom stereocenters. The van der Waals surface area contributed by atoms with Crippen LogP contribution in [0.4, 0.5) is 0 Å². The lowest BCUT2D eigenvalue weighted by molar-refractivity contribution is 1.64. The zero-order valence-corrected chi connectivity index (χ0v) is 14.4. The second-order valence-electron chi connectivity index (χ2n) is 6.67. The van der Waals surface area contributed by atoms with Gasteiger partial charge in [0, 0.05) is 0 Å². The summed E-state index contributed by atoms with van der Waals surface area (Å²) in [6.45, 7) is 0. The Hall–Kier alpha value is -3.38. The summed E-state index contributed by atoms with van der Waals surface area (Å²) in [6, 6.07) is 39.1. The minimum absolute atomic E-state index is 1.25. The Balaban J connectivity index is 1.69. The lowest BCUT2D eigenvalue weighted by Gasteiger charge is -2.09. The quantitative estimate of drug-likeness (QED) is 0.318. The molecule has 0 bridgehead atoms. The molecule has 5 aromatic carbocycles. The normalized spacial score (nSPS) is 11.1. The molecule has 0 atom stereocenters. The van der Waals surface area contributed by atoms with Crippen LogP contribution < -0.4 is 0 Å². The third-order valence-corrected chi connectivity index (χ3v) is 5.05. The van der Waals surface area contributed by atoms with Crippen molar-refractivity contribution < 1.29 is 0 Å². The fourth-order valence-electron chi connectivity index (χ4n) is 3.70. The molecule has 5 rings (SSSR count). The first-order chi connectivity index (χ1) is 12.9. The van der Waals surface area contributed by atoms with Crippen molar-refractivity contribution in [3.8, 4) is 22.3 Å². The summed E-state index contributed by atoms with van der Waals surface area (Å²) < 4.78 is 0. The highest BCUT2D eigenvalue weighted by molar-refractivity contribution is 5.99. The molecule has 0 aliphatic rings. The largest absolute Gasteiger partial charge is 0.0622 e. The maximum Gasteiger partial charge on any atom is -0.0105 e. The van der Waals surface area contributed by atoms with Gasteiger partial charge in [0.05, 0.1) is 0 Å². The summed E-state index contributed by atoms with van der Waals surface area (Å²) in [5, 5.41) is 5.13. The molecule has 0 N–H and O–H groups in total. The summed E-state index contributed by atoms with van der Waals surface area (Å²) in [4.78, 5) is 0. The summed E-state index contributed by atoms with van der Waals surface area (Å²) in [5.41, 5.74) is 5.06. The van der Waals surface area contributed by atoms with Crippen LogP contribution in [0, 0.1) is 0 Å². The molecular weight excluding hydrogens is 312 g/mol. The van der Waals surface area contributed by atoms with Gasteiger partial charge in [-0.3, -0.25) is 0 Å². The van der Waals surface area contributed by atoms with Crippen molar-refractivity contribution in [2.24, 2.45) is 0 Å². The van der Waals surface area contributed by atoms with Crippen LogP contribution in [0.1, 0.15) is 0 Å². The van der Waals surface area contributed by atoms with Gasteiger partial charge in [-0.25, -0.2) is 0 Å². The predicted molar refractivity (Wildman–Crippen MR) is 112 cm³/mol. The van der Waals surface area contributed by atoms with Gasteiger partial charge in [0.1, 0.15) is 0 Å². The highest BCUT2D eigenvalue weighted by atomic mass is 14.1. The van der Waals surface area contributed by atoms with Crippen molar-refractivity contribution in [2.45, 2.75) is 0 Å².